The molecule has 0 aliphatic heterocycles. The summed E-state index contributed by atoms with van der Waals surface area (Å²) in [4.78, 5) is 11.6. The first-order valence-electron chi connectivity index (χ1n) is 6.40. The number of hydrogen-bond acceptors (Lipinski definition) is 4. The molecule has 21 heavy (non-hydrogen) atoms. The summed E-state index contributed by atoms with van der Waals surface area (Å²) in [6.07, 6.45) is 2.61. The molecule has 1 aromatic heterocycles. The predicted octanol–water partition coefficient (Wildman–Crippen LogP) is 2.62. The molecule has 5 heteroatoms. The van der Waals surface area contributed by atoms with E-state index in [1.807, 2.05) is 41.1 Å². The van der Waals surface area contributed by atoms with Gasteiger partial charge in [0.25, 0.3) is 0 Å². The maximum atomic E-state index is 11.6. The van der Waals surface area contributed by atoms with Gasteiger partial charge in [0, 0.05) is 12.7 Å². The highest BCUT2D eigenvalue weighted by Crippen LogP contribution is 2.19. The molecule has 0 saturated heterocycles. The number of esters is 1. The Labute approximate surface area is 123 Å². The summed E-state index contributed by atoms with van der Waals surface area (Å²) in [5.74, 6) is 0.212. The lowest BCUT2D eigenvalue weighted by Crippen LogP contribution is -2.10. The van der Waals surface area contributed by atoms with Crippen molar-refractivity contribution in [3.63, 3.8) is 0 Å². The smallest absolute Gasteiger partial charge is 0.343 e. The van der Waals surface area contributed by atoms with Crippen LogP contribution in [0.4, 0.5) is 0 Å². The Morgan fingerprint density at radius 2 is 1.95 bits per heavy atom. The maximum absolute atomic E-state index is 11.6. The minimum absolute atomic E-state index is 0.121. The van der Waals surface area contributed by atoms with Gasteiger partial charge in [-0.1, -0.05) is 12.1 Å². The van der Waals surface area contributed by atoms with Gasteiger partial charge < -0.3 is 19.1 Å². The van der Waals surface area contributed by atoms with E-state index in [0.717, 1.165) is 17.6 Å². The van der Waals surface area contributed by atoms with E-state index in [4.69, 9.17) is 4.74 Å². The number of aliphatic hydroxyl groups is 1. The number of benzene rings is 1. The average Bonchev–Trinajstić information content (AvgIpc) is 2.96. The highest BCUT2D eigenvalue weighted by atomic mass is 16.5. The molecule has 0 unspecified atom stereocenters. The maximum Gasteiger partial charge on any atom is 0.343 e. The molecule has 1 heterocycles. The number of ether oxygens (including phenoxy) is 2. The minimum Gasteiger partial charge on any atom is -0.515 e. The molecule has 0 amide bonds. The summed E-state index contributed by atoms with van der Waals surface area (Å²) in [5, 5.41) is 9.27. The third-order valence-corrected chi connectivity index (χ3v) is 3.15. The number of aliphatic hydroxyl groups excluding tert-OH is 1. The van der Waals surface area contributed by atoms with Crippen LogP contribution >= 0.6 is 0 Å². The fourth-order valence-corrected chi connectivity index (χ4v) is 2.06. The van der Waals surface area contributed by atoms with Gasteiger partial charge in [-0.25, -0.2) is 4.79 Å². The highest BCUT2D eigenvalue weighted by molar-refractivity contribution is 6.15. The second-order valence-corrected chi connectivity index (χ2v) is 4.40. The lowest BCUT2D eigenvalue weighted by molar-refractivity contribution is -0.133. The molecule has 2 rings (SSSR count). The van der Waals surface area contributed by atoms with E-state index < -0.39 is 5.97 Å². The summed E-state index contributed by atoms with van der Waals surface area (Å²) < 4.78 is 11.6. The molecule has 0 spiro atoms. The van der Waals surface area contributed by atoms with Gasteiger partial charge in [-0.3, -0.25) is 0 Å². The van der Waals surface area contributed by atoms with Crippen molar-refractivity contribution in [2.24, 2.45) is 0 Å². The van der Waals surface area contributed by atoms with Crippen molar-refractivity contribution < 1.29 is 19.4 Å². The van der Waals surface area contributed by atoms with Crippen LogP contribution in [-0.2, 0) is 16.1 Å². The Balaban J connectivity index is 2.25. The standard InChI is InChI=1S/C16H17NO4/c1-20-13-7-5-12(6-8-13)10-17-9-3-4-15(17)14(11-18)16(19)21-2/h3-9,11,18H,10H2,1-2H3. The van der Waals surface area contributed by atoms with E-state index in [2.05, 4.69) is 4.74 Å². The molecule has 0 radical (unpaired) electrons. The van der Waals surface area contributed by atoms with Crippen LogP contribution in [0.3, 0.4) is 0 Å². The van der Waals surface area contributed by atoms with Gasteiger partial charge in [0.05, 0.1) is 26.2 Å². The quantitative estimate of drug-likeness (QED) is 0.521. The van der Waals surface area contributed by atoms with Crippen LogP contribution in [0, 0.1) is 0 Å². The van der Waals surface area contributed by atoms with Crippen molar-refractivity contribution in [1.29, 1.82) is 0 Å². The molecule has 110 valence electrons. The number of methoxy groups -OCH3 is 2. The van der Waals surface area contributed by atoms with Crippen molar-refractivity contribution in [2.45, 2.75) is 6.54 Å². The van der Waals surface area contributed by atoms with E-state index in [1.165, 1.54) is 7.11 Å². The van der Waals surface area contributed by atoms with Gasteiger partial charge in [-0.2, -0.15) is 0 Å². The fourth-order valence-electron chi connectivity index (χ4n) is 2.06. The molecule has 0 fully saturated rings. The van der Waals surface area contributed by atoms with Crippen LogP contribution in [0.15, 0.2) is 48.9 Å². The zero-order valence-corrected chi connectivity index (χ0v) is 11.9. The van der Waals surface area contributed by atoms with Crippen molar-refractivity contribution in [3.8, 4) is 5.75 Å². The number of aromatic nitrogens is 1. The molecule has 1 aromatic carbocycles. The number of rotatable bonds is 5. The van der Waals surface area contributed by atoms with Gasteiger partial charge in [-0.05, 0) is 29.8 Å². The Morgan fingerprint density at radius 3 is 2.52 bits per heavy atom. The largest absolute Gasteiger partial charge is 0.515 e. The van der Waals surface area contributed by atoms with Crippen molar-refractivity contribution in [1.82, 2.24) is 4.57 Å². The third-order valence-electron chi connectivity index (χ3n) is 3.15. The van der Waals surface area contributed by atoms with E-state index in [1.54, 1.807) is 13.2 Å². The summed E-state index contributed by atoms with van der Waals surface area (Å²) in [6, 6.07) is 11.2. The summed E-state index contributed by atoms with van der Waals surface area (Å²) in [6.45, 7) is 0.570. The van der Waals surface area contributed by atoms with Crippen LogP contribution in [0.5, 0.6) is 5.75 Å². The number of nitrogens with zero attached hydrogens (tertiary/aromatic N) is 1. The first-order valence-corrected chi connectivity index (χ1v) is 6.40. The molecule has 0 aliphatic rings. The molecule has 0 aliphatic carbocycles. The Kier molecular flexibility index (Phi) is 4.66. The average molecular weight is 287 g/mol. The second-order valence-electron chi connectivity index (χ2n) is 4.40. The first-order chi connectivity index (χ1) is 10.2. The predicted molar refractivity (Wildman–Crippen MR) is 79.1 cm³/mol. The van der Waals surface area contributed by atoms with Crippen molar-refractivity contribution >= 4 is 11.5 Å². The molecule has 1 N–H and O–H groups in total. The Morgan fingerprint density at radius 1 is 1.24 bits per heavy atom. The van der Waals surface area contributed by atoms with Gasteiger partial charge in [-0.15, -0.1) is 0 Å². The van der Waals surface area contributed by atoms with Crippen LogP contribution in [-0.4, -0.2) is 29.9 Å². The van der Waals surface area contributed by atoms with Crippen LogP contribution in [0.1, 0.15) is 11.3 Å². The van der Waals surface area contributed by atoms with Gasteiger partial charge >= 0.3 is 5.97 Å². The number of carbonyl (C=O) groups excluding carboxylic acids is 1. The van der Waals surface area contributed by atoms with E-state index in [9.17, 15) is 9.90 Å². The molecule has 2 aromatic rings. The summed E-state index contributed by atoms with van der Waals surface area (Å²) >= 11 is 0. The third kappa shape index (κ3) is 3.25. The Bertz CT molecular complexity index is 641. The summed E-state index contributed by atoms with van der Waals surface area (Å²) in [7, 11) is 2.90. The summed E-state index contributed by atoms with van der Waals surface area (Å²) in [5.41, 5.74) is 1.77. The van der Waals surface area contributed by atoms with Gasteiger partial charge in [0.1, 0.15) is 11.3 Å². The lowest BCUT2D eigenvalue weighted by atomic mass is 10.2. The minimum atomic E-state index is -0.577. The molecule has 5 nitrogen and oxygen atoms in total. The lowest BCUT2D eigenvalue weighted by Gasteiger charge is -2.11. The molecule has 0 saturated carbocycles. The zero-order chi connectivity index (χ0) is 15.2. The highest BCUT2D eigenvalue weighted by Gasteiger charge is 2.16. The van der Waals surface area contributed by atoms with Gasteiger partial charge in [0.15, 0.2) is 0 Å². The van der Waals surface area contributed by atoms with E-state index in [0.29, 0.717) is 12.2 Å². The van der Waals surface area contributed by atoms with Crippen molar-refractivity contribution in [2.75, 3.05) is 14.2 Å². The van der Waals surface area contributed by atoms with Crippen LogP contribution in [0.25, 0.3) is 5.57 Å². The van der Waals surface area contributed by atoms with Crippen LogP contribution < -0.4 is 4.74 Å². The van der Waals surface area contributed by atoms with E-state index >= 15 is 0 Å². The number of carbonyl (C=O) groups is 1. The first kappa shape index (κ1) is 14.7. The number of hydrogen-bond donors (Lipinski definition) is 1. The monoisotopic (exact) mass is 287 g/mol. The van der Waals surface area contributed by atoms with Crippen LogP contribution in [0.2, 0.25) is 0 Å². The second kappa shape index (κ2) is 6.65. The SMILES string of the molecule is COC(=O)C(=CO)c1cccn1Cc1ccc(OC)cc1. The molecular weight excluding hydrogens is 270 g/mol. The normalized spacial score (nSPS) is 11.2. The Hall–Kier alpha value is -2.69. The topological polar surface area (TPSA) is 60.7 Å². The van der Waals surface area contributed by atoms with Gasteiger partial charge in [0.2, 0.25) is 0 Å². The zero-order valence-electron chi connectivity index (χ0n) is 11.9. The fraction of sp³-hybridized carbons (Fsp3) is 0.188. The van der Waals surface area contributed by atoms with E-state index in [-0.39, 0.29) is 5.57 Å². The molecule has 0 bridgehead atoms. The molecular formula is C16H17NO4. The molecule has 0 atom stereocenters. The van der Waals surface area contributed by atoms with Crippen molar-refractivity contribution in [3.05, 3.63) is 60.1 Å².